The second kappa shape index (κ2) is 6.59. The smallest absolute Gasteiger partial charge is 0.287 e. The summed E-state index contributed by atoms with van der Waals surface area (Å²) >= 11 is 5.87. The van der Waals surface area contributed by atoms with Gasteiger partial charge in [0.15, 0.2) is 5.76 Å². The fourth-order valence-corrected chi connectivity index (χ4v) is 2.04. The molecule has 0 spiro atoms. The van der Waals surface area contributed by atoms with Crippen LogP contribution in [0.2, 0.25) is 5.02 Å². The summed E-state index contributed by atoms with van der Waals surface area (Å²) in [5, 5.41) is 3.55. The van der Waals surface area contributed by atoms with Crippen LogP contribution in [0.3, 0.4) is 0 Å². The van der Waals surface area contributed by atoms with Crippen molar-refractivity contribution in [2.24, 2.45) is 0 Å². The van der Waals surface area contributed by atoms with Gasteiger partial charge in [-0.05, 0) is 30.7 Å². The third-order valence-corrected chi connectivity index (χ3v) is 3.23. The molecule has 0 bridgehead atoms. The largest absolute Gasteiger partial charge is 0.459 e. The fraction of sp³-hybridized carbons (Fsp3) is 0.267. The molecule has 1 atom stereocenters. The first kappa shape index (κ1) is 14.6. The van der Waals surface area contributed by atoms with E-state index in [0.717, 1.165) is 11.1 Å². The number of amides is 1. The predicted octanol–water partition coefficient (Wildman–Crippen LogP) is 3.36. The van der Waals surface area contributed by atoms with Gasteiger partial charge in [0.1, 0.15) is 0 Å². The zero-order chi connectivity index (χ0) is 14.5. The molecule has 106 valence electrons. The van der Waals surface area contributed by atoms with E-state index >= 15 is 0 Å². The maximum absolute atomic E-state index is 12.2. The molecule has 2 rings (SSSR count). The third kappa shape index (κ3) is 3.40. The van der Waals surface area contributed by atoms with Crippen molar-refractivity contribution in [1.29, 1.82) is 0 Å². The first-order valence-corrected chi connectivity index (χ1v) is 6.59. The van der Waals surface area contributed by atoms with Gasteiger partial charge in [-0.15, -0.1) is 0 Å². The van der Waals surface area contributed by atoms with E-state index in [9.17, 15) is 4.79 Å². The van der Waals surface area contributed by atoms with E-state index in [-0.39, 0.29) is 11.9 Å². The van der Waals surface area contributed by atoms with Crippen LogP contribution in [-0.4, -0.2) is 19.6 Å². The maximum atomic E-state index is 12.2. The lowest BCUT2D eigenvalue weighted by atomic mass is 10.1. The highest BCUT2D eigenvalue weighted by Crippen LogP contribution is 2.18. The summed E-state index contributed by atoms with van der Waals surface area (Å²) in [5.41, 5.74) is 1.73. The van der Waals surface area contributed by atoms with E-state index in [0.29, 0.717) is 17.4 Å². The van der Waals surface area contributed by atoms with Crippen molar-refractivity contribution in [2.45, 2.75) is 13.0 Å². The van der Waals surface area contributed by atoms with Crippen LogP contribution < -0.4 is 5.32 Å². The molecule has 0 saturated heterocycles. The van der Waals surface area contributed by atoms with E-state index in [1.54, 1.807) is 25.3 Å². The number of halogens is 1. The molecule has 0 unspecified atom stereocenters. The molecule has 20 heavy (non-hydrogen) atoms. The Morgan fingerprint density at radius 3 is 2.60 bits per heavy atom. The van der Waals surface area contributed by atoms with Crippen LogP contribution in [-0.2, 0) is 4.74 Å². The van der Waals surface area contributed by atoms with E-state index in [4.69, 9.17) is 20.8 Å². The van der Waals surface area contributed by atoms with Crippen LogP contribution in [0.25, 0.3) is 0 Å². The number of hydrogen-bond donors (Lipinski definition) is 1. The summed E-state index contributed by atoms with van der Waals surface area (Å²) < 4.78 is 10.3. The Morgan fingerprint density at radius 2 is 2.05 bits per heavy atom. The monoisotopic (exact) mass is 293 g/mol. The Balaban J connectivity index is 2.15. The van der Waals surface area contributed by atoms with E-state index in [1.807, 2.05) is 19.1 Å². The molecular weight excluding hydrogens is 278 g/mol. The highest BCUT2D eigenvalue weighted by molar-refractivity contribution is 6.30. The van der Waals surface area contributed by atoms with Crippen LogP contribution in [0.4, 0.5) is 0 Å². The molecule has 0 aliphatic heterocycles. The molecule has 1 aromatic carbocycles. The Kier molecular flexibility index (Phi) is 4.82. The van der Waals surface area contributed by atoms with E-state index < -0.39 is 0 Å². The third-order valence-electron chi connectivity index (χ3n) is 2.98. The van der Waals surface area contributed by atoms with Crippen molar-refractivity contribution in [2.75, 3.05) is 13.7 Å². The summed E-state index contributed by atoms with van der Waals surface area (Å²) in [7, 11) is 1.59. The standard InChI is InChI=1S/C15H16ClNO3/c1-10-7-8-20-14(10)15(18)17-13(9-19-2)11-3-5-12(16)6-4-11/h3-8,13H,9H2,1-2H3,(H,17,18)/t13-/m1/s1. The molecule has 0 radical (unpaired) electrons. The Bertz CT molecular complexity index is 577. The highest BCUT2D eigenvalue weighted by Gasteiger charge is 2.19. The zero-order valence-corrected chi connectivity index (χ0v) is 12.1. The summed E-state index contributed by atoms with van der Waals surface area (Å²) in [6, 6.07) is 8.79. The normalized spacial score (nSPS) is 12.2. The van der Waals surface area contributed by atoms with Crippen LogP contribution in [0, 0.1) is 6.92 Å². The van der Waals surface area contributed by atoms with Crippen LogP contribution >= 0.6 is 11.6 Å². The number of carbonyl (C=O) groups is 1. The van der Waals surface area contributed by atoms with Gasteiger partial charge in [0.05, 0.1) is 18.9 Å². The van der Waals surface area contributed by atoms with Gasteiger partial charge in [-0.2, -0.15) is 0 Å². The average molecular weight is 294 g/mol. The van der Waals surface area contributed by atoms with Crippen LogP contribution in [0.15, 0.2) is 41.0 Å². The molecule has 0 fully saturated rings. The van der Waals surface area contributed by atoms with Gasteiger partial charge < -0.3 is 14.5 Å². The fourth-order valence-electron chi connectivity index (χ4n) is 1.91. The minimum absolute atomic E-state index is 0.255. The van der Waals surface area contributed by atoms with Gasteiger partial charge >= 0.3 is 0 Å². The summed E-state index contributed by atoms with van der Waals surface area (Å²) in [4.78, 5) is 12.2. The minimum atomic E-state index is -0.260. The quantitative estimate of drug-likeness (QED) is 0.919. The first-order valence-electron chi connectivity index (χ1n) is 6.21. The van der Waals surface area contributed by atoms with Crippen molar-refractivity contribution in [3.63, 3.8) is 0 Å². The second-order valence-corrected chi connectivity index (χ2v) is 4.90. The molecule has 5 heteroatoms. The minimum Gasteiger partial charge on any atom is -0.459 e. The second-order valence-electron chi connectivity index (χ2n) is 4.47. The summed E-state index contributed by atoms with van der Waals surface area (Å²) in [5.74, 6) is 0.0598. The molecule has 0 saturated carbocycles. The van der Waals surface area contributed by atoms with Crippen molar-refractivity contribution >= 4 is 17.5 Å². The van der Waals surface area contributed by atoms with Crippen molar-refractivity contribution < 1.29 is 13.9 Å². The topological polar surface area (TPSA) is 51.5 Å². The van der Waals surface area contributed by atoms with Crippen molar-refractivity contribution in [1.82, 2.24) is 5.32 Å². The average Bonchev–Trinajstić information content (AvgIpc) is 2.85. The number of hydrogen-bond acceptors (Lipinski definition) is 3. The number of benzene rings is 1. The van der Waals surface area contributed by atoms with Gasteiger partial charge in [0.2, 0.25) is 0 Å². The SMILES string of the molecule is COC[C@@H](NC(=O)c1occc1C)c1ccc(Cl)cc1. The Labute approximate surface area is 122 Å². The lowest BCUT2D eigenvalue weighted by Gasteiger charge is -2.18. The van der Waals surface area contributed by atoms with Gasteiger partial charge in [0, 0.05) is 17.7 Å². The molecule has 4 nitrogen and oxygen atoms in total. The number of aryl methyl sites for hydroxylation is 1. The number of carbonyl (C=O) groups excluding carboxylic acids is 1. The molecule has 1 aromatic heterocycles. The number of methoxy groups -OCH3 is 1. The molecule has 1 amide bonds. The van der Waals surface area contributed by atoms with E-state index in [1.165, 1.54) is 6.26 Å². The molecule has 0 aliphatic carbocycles. The van der Waals surface area contributed by atoms with Crippen LogP contribution in [0.1, 0.15) is 27.7 Å². The van der Waals surface area contributed by atoms with Gasteiger partial charge in [-0.3, -0.25) is 4.79 Å². The Morgan fingerprint density at radius 1 is 1.35 bits per heavy atom. The summed E-state index contributed by atoms with van der Waals surface area (Å²) in [6.07, 6.45) is 1.50. The summed E-state index contributed by atoms with van der Waals surface area (Å²) in [6.45, 7) is 2.19. The van der Waals surface area contributed by atoms with Gasteiger partial charge in [-0.1, -0.05) is 23.7 Å². The molecule has 1 N–H and O–H groups in total. The van der Waals surface area contributed by atoms with Crippen molar-refractivity contribution in [3.8, 4) is 0 Å². The molecule has 1 heterocycles. The van der Waals surface area contributed by atoms with Gasteiger partial charge in [0.25, 0.3) is 5.91 Å². The lowest BCUT2D eigenvalue weighted by Crippen LogP contribution is -2.31. The Hall–Kier alpha value is -1.78. The molecular formula is C15H16ClNO3. The number of furan rings is 1. The van der Waals surface area contributed by atoms with Gasteiger partial charge in [-0.25, -0.2) is 0 Å². The van der Waals surface area contributed by atoms with Crippen LogP contribution in [0.5, 0.6) is 0 Å². The highest BCUT2D eigenvalue weighted by atomic mass is 35.5. The molecule has 0 aliphatic rings. The predicted molar refractivity (Wildman–Crippen MR) is 77.0 cm³/mol. The lowest BCUT2D eigenvalue weighted by molar-refractivity contribution is 0.0868. The van der Waals surface area contributed by atoms with E-state index in [2.05, 4.69) is 5.32 Å². The number of rotatable bonds is 5. The molecule has 2 aromatic rings. The first-order chi connectivity index (χ1) is 9.61. The zero-order valence-electron chi connectivity index (χ0n) is 11.4. The number of nitrogens with one attached hydrogen (secondary N) is 1. The van der Waals surface area contributed by atoms with Crippen molar-refractivity contribution in [3.05, 3.63) is 58.5 Å². The maximum Gasteiger partial charge on any atom is 0.287 e. The number of ether oxygens (including phenoxy) is 1.